The van der Waals surface area contributed by atoms with E-state index in [0.29, 0.717) is 16.8 Å². The van der Waals surface area contributed by atoms with Gasteiger partial charge in [0.25, 0.3) is 5.69 Å². The summed E-state index contributed by atoms with van der Waals surface area (Å²) in [5.41, 5.74) is -0.874. The lowest BCUT2D eigenvalue weighted by Gasteiger charge is -2.07. The molecular weight excluding hydrogens is 304 g/mol. The largest absolute Gasteiger partial charge is 0.468 e. The van der Waals surface area contributed by atoms with Crippen LogP contribution in [-0.4, -0.2) is 14.9 Å². The van der Waals surface area contributed by atoms with Gasteiger partial charge in [-0.15, -0.1) is 0 Å². The van der Waals surface area contributed by atoms with Gasteiger partial charge in [0.1, 0.15) is 5.76 Å². The fraction of sp³-hybridized carbons (Fsp3) is 0.0714. The minimum absolute atomic E-state index is 0.185. The van der Waals surface area contributed by atoms with Gasteiger partial charge in [-0.2, -0.15) is 0 Å². The third kappa shape index (κ3) is 3.04. The number of nitro groups is 1. The average molecular weight is 315 g/mol. The molecule has 2 heterocycles. The summed E-state index contributed by atoms with van der Waals surface area (Å²) < 4.78 is 5.12. The number of hydrogen-bond acceptors (Lipinski definition) is 6. The summed E-state index contributed by atoms with van der Waals surface area (Å²) in [6, 6.07) is 5.99. The van der Waals surface area contributed by atoms with Crippen molar-refractivity contribution in [3.8, 4) is 0 Å². The molecule has 9 heteroatoms. The second kappa shape index (κ2) is 5.89. The number of non-ortho nitro benzene ring substituents is 1. The monoisotopic (exact) mass is 315 g/mol. The molecule has 0 bridgehead atoms. The van der Waals surface area contributed by atoms with Crippen LogP contribution in [-0.2, 0) is 6.54 Å². The second-order valence-electron chi connectivity index (χ2n) is 4.73. The van der Waals surface area contributed by atoms with E-state index in [1.165, 1.54) is 18.4 Å². The van der Waals surface area contributed by atoms with Crippen molar-refractivity contribution >= 4 is 16.7 Å². The number of nitro benzene ring substituents is 1. The first-order valence-electron chi connectivity index (χ1n) is 6.58. The number of fused-ring (bicyclic) bond motifs is 1. The highest BCUT2D eigenvalue weighted by Crippen LogP contribution is 2.21. The van der Waals surface area contributed by atoms with Crippen molar-refractivity contribution < 1.29 is 9.34 Å². The summed E-state index contributed by atoms with van der Waals surface area (Å²) in [6.45, 7) is 1.79. The molecule has 0 saturated heterocycles. The second-order valence-corrected chi connectivity index (χ2v) is 4.73. The molecule has 9 nitrogen and oxygen atoms in total. The maximum absolute atomic E-state index is 11.5. The van der Waals surface area contributed by atoms with E-state index in [1.54, 1.807) is 18.7 Å². The van der Waals surface area contributed by atoms with E-state index in [4.69, 9.17) is 4.42 Å². The van der Waals surface area contributed by atoms with Crippen LogP contribution in [0.3, 0.4) is 0 Å². The van der Waals surface area contributed by atoms with Crippen LogP contribution in [0.4, 0.5) is 5.69 Å². The van der Waals surface area contributed by atoms with Crippen LogP contribution in [0.2, 0.25) is 0 Å². The molecule has 0 amide bonds. The fourth-order valence-electron chi connectivity index (χ4n) is 2.16. The Hall–Kier alpha value is -3.20. The summed E-state index contributed by atoms with van der Waals surface area (Å²) >= 11 is 0. The number of aromatic nitrogens is 2. The van der Waals surface area contributed by atoms with Gasteiger partial charge >= 0.3 is 11.1 Å². The van der Waals surface area contributed by atoms with Crippen LogP contribution in [0.15, 0.2) is 44.5 Å². The number of hydrogen-bond donors (Lipinski definition) is 3. The van der Waals surface area contributed by atoms with E-state index in [1.807, 2.05) is 0 Å². The normalized spacial score (nSPS) is 11.0. The standard InChI is InChI=1S/C14H11N4O5/c19-13-14(20)17-12-8(6-15-7-10-2-1-3-23-10)4-9(18(21)22)5-11(12)16-13/h1-5,7,15H,6H2,(H,16,19)(H,17,20). The van der Waals surface area contributed by atoms with Crippen molar-refractivity contribution in [2.75, 3.05) is 0 Å². The Balaban J connectivity index is 1.98. The first kappa shape index (κ1) is 14.7. The Morgan fingerprint density at radius 3 is 2.74 bits per heavy atom. The number of benzene rings is 1. The van der Waals surface area contributed by atoms with Crippen molar-refractivity contribution in [2.45, 2.75) is 6.54 Å². The topological polar surface area (TPSA) is 134 Å². The van der Waals surface area contributed by atoms with Crippen molar-refractivity contribution in [1.82, 2.24) is 15.3 Å². The zero-order chi connectivity index (χ0) is 16.4. The molecule has 23 heavy (non-hydrogen) atoms. The maximum Gasteiger partial charge on any atom is 0.314 e. The molecule has 0 aliphatic rings. The Bertz CT molecular complexity index is 971. The van der Waals surface area contributed by atoms with Gasteiger partial charge in [0.05, 0.1) is 28.8 Å². The number of nitrogens with one attached hydrogen (secondary N) is 3. The Kier molecular flexibility index (Phi) is 3.77. The van der Waals surface area contributed by atoms with Gasteiger partial charge in [-0.05, 0) is 17.7 Å². The van der Waals surface area contributed by atoms with Gasteiger partial charge in [-0.1, -0.05) is 0 Å². The van der Waals surface area contributed by atoms with E-state index in [9.17, 15) is 19.7 Å². The number of aromatic amines is 2. The predicted molar refractivity (Wildman–Crippen MR) is 80.8 cm³/mol. The third-order valence-electron chi connectivity index (χ3n) is 3.19. The van der Waals surface area contributed by atoms with Crippen LogP contribution >= 0.6 is 0 Å². The zero-order valence-electron chi connectivity index (χ0n) is 11.7. The Labute approximate surface area is 128 Å². The molecule has 3 rings (SSSR count). The van der Waals surface area contributed by atoms with Crippen LogP contribution < -0.4 is 16.4 Å². The van der Waals surface area contributed by atoms with Crippen molar-refractivity contribution in [3.63, 3.8) is 0 Å². The highest BCUT2D eigenvalue weighted by atomic mass is 16.6. The van der Waals surface area contributed by atoms with Crippen molar-refractivity contribution in [1.29, 1.82) is 0 Å². The molecule has 0 aliphatic heterocycles. The molecule has 0 spiro atoms. The molecule has 3 aromatic rings. The van der Waals surface area contributed by atoms with Crippen LogP contribution in [0, 0.1) is 16.7 Å². The third-order valence-corrected chi connectivity index (χ3v) is 3.19. The molecule has 0 aliphatic carbocycles. The number of H-pyrrole nitrogens is 2. The van der Waals surface area contributed by atoms with Crippen LogP contribution in [0.5, 0.6) is 0 Å². The lowest BCUT2D eigenvalue weighted by atomic mass is 10.1. The van der Waals surface area contributed by atoms with Gasteiger partial charge in [0, 0.05) is 18.7 Å². The van der Waals surface area contributed by atoms with Gasteiger partial charge in [-0.3, -0.25) is 19.7 Å². The number of rotatable bonds is 5. The minimum atomic E-state index is -0.862. The quantitative estimate of drug-likeness (QED) is 0.365. The van der Waals surface area contributed by atoms with E-state index >= 15 is 0 Å². The highest BCUT2D eigenvalue weighted by Gasteiger charge is 2.13. The van der Waals surface area contributed by atoms with Crippen LogP contribution in [0.1, 0.15) is 11.3 Å². The van der Waals surface area contributed by atoms with Gasteiger partial charge in [-0.25, -0.2) is 0 Å². The lowest BCUT2D eigenvalue weighted by molar-refractivity contribution is -0.384. The maximum atomic E-state index is 11.5. The average Bonchev–Trinajstić information content (AvgIpc) is 3.02. The molecule has 117 valence electrons. The zero-order valence-corrected chi connectivity index (χ0v) is 11.7. The van der Waals surface area contributed by atoms with Gasteiger partial charge < -0.3 is 19.7 Å². The molecule has 0 unspecified atom stereocenters. The SMILES string of the molecule is O=c1[nH]c2cc([N+](=O)[O-])cc(CN[CH]c3ccco3)c2[nH]c1=O. The first-order valence-corrected chi connectivity index (χ1v) is 6.58. The molecule has 0 fully saturated rings. The molecule has 0 saturated carbocycles. The highest BCUT2D eigenvalue weighted by molar-refractivity contribution is 5.80. The van der Waals surface area contributed by atoms with E-state index in [2.05, 4.69) is 15.3 Å². The molecule has 0 atom stereocenters. The van der Waals surface area contributed by atoms with E-state index < -0.39 is 16.0 Å². The first-order chi connectivity index (χ1) is 11.0. The molecule has 1 radical (unpaired) electrons. The smallest absolute Gasteiger partial charge is 0.314 e. The predicted octanol–water partition coefficient (Wildman–Crippen LogP) is 1.02. The summed E-state index contributed by atoms with van der Waals surface area (Å²) in [7, 11) is 0. The summed E-state index contributed by atoms with van der Waals surface area (Å²) in [5.74, 6) is 0.585. The van der Waals surface area contributed by atoms with Crippen molar-refractivity contribution in [2.24, 2.45) is 0 Å². The van der Waals surface area contributed by atoms with Gasteiger partial charge in [0.15, 0.2) is 0 Å². The molecule has 3 N–H and O–H groups in total. The Morgan fingerprint density at radius 1 is 1.26 bits per heavy atom. The van der Waals surface area contributed by atoms with Crippen molar-refractivity contribution in [3.05, 3.63) is 79.2 Å². The molecule has 2 aromatic heterocycles. The number of furan rings is 1. The number of nitrogens with zero attached hydrogens (tertiary/aromatic N) is 1. The summed E-state index contributed by atoms with van der Waals surface area (Å²) in [4.78, 5) is 38.1. The molecule has 1 aromatic carbocycles. The fourth-order valence-corrected chi connectivity index (χ4v) is 2.16. The Morgan fingerprint density at radius 2 is 2.04 bits per heavy atom. The van der Waals surface area contributed by atoms with E-state index in [0.717, 1.165) is 0 Å². The molecular formula is C14H11N4O5. The minimum Gasteiger partial charge on any atom is -0.468 e. The summed E-state index contributed by atoms with van der Waals surface area (Å²) in [5, 5.41) is 13.9. The van der Waals surface area contributed by atoms with Gasteiger partial charge in [0.2, 0.25) is 0 Å². The lowest BCUT2D eigenvalue weighted by Crippen LogP contribution is -2.29. The van der Waals surface area contributed by atoms with E-state index in [-0.39, 0.29) is 17.7 Å². The summed E-state index contributed by atoms with van der Waals surface area (Å²) in [6.07, 6.45) is 1.51. The van der Waals surface area contributed by atoms with Crippen LogP contribution in [0.25, 0.3) is 11.0 Å².